The molecule has 2 aromatic rings. The molecule has 26 heavy (non-hydrogen) atoms. The number of nitrogens with one attached hydrogen (secondary N) is 1. The van der Waals surface area contributed by atoms with Crippen molar-refractivity contribution in [2.45, 2.75) is 20.3 Å². The highest BCUT2D eigenvalue weighted by molar-refractivity contribution is 7.88. The Balaban J connectivity index is 2.04. The lowest BCUT2D eigenvalue weighted by Crippen LogP contribution is -2.38. The van der Waals surface area contributed by atoms with Crippen LogP contribution in [0.15, 0.2) is 42.5 Å². The number of anilines is 1. The molecule has 0 radical (unpaired) electrons. The topological polar surface area (TPSA) is 66.5 Å². The highest BCUT2D eigenvalue weighted by Crippen LogP contribution is 2.16. The van der Waals surface area contributed by atoms with Crippen molar-refractivity contribution in [3.8, 4) is 0 Å². The fourth-order valence-electron chi connectivity index (χ4n) is 2.49. The summed E-state index contributed by atoms with van der Waals surface area (Å²) in [5, 5.41) is 2.76. The minimum atomic E-state index is -3.55. The predicted molar refractivity (Wildman–Crippen MR) is 101 cm³/mol. The van der Waals surface area contributed by atoms with Crippen LogP contribution >= 0.6 is 0 Å². The Hall–Kier alpha value is -2.25. The summed E-state index contributed by atoms with van der Waals surface area (Å²) in [6.45, 7) is 3.66. The molecule has 0 spiro atoms. The van der Waals surface area contributed by atoms with Gasteiger partial charge in [-0.1, -0.05) is 24.3 Å². The van der Waals surface area contributed by atoms with Gasteiger partial charge in [0.1, 0.15) is 5.82 Å². The molecule has 0 heterocycles. The number of sulfonamides is 1. The molecular weight excluding hydrogens is 355 g/mol. The standard InChI is InChI=1S/C19H23FN2O3S/c1-14-4-5-15(2)18(12-14)21-19(23)13-22(26(3,24)25)11-10-16-6-8-17(20)9-7-16/h4-9,12H,10-11,13H2,1-3H3,(H,21,23). The number of aryl methyl sites for hydroxylation is 2. The normalized spacial score (nSPS) is 11.6. The first kappa shape index (κ1) is 20.1. The maximum absolute atomic E-state index is 13.0. The van der Waals surface area contributed by atoms with Gasteiger partial charge in [0.2, 0.25) is 15.9 Å². The van der Waals surface area contributed by atoms with Gasteiger partial charge in [-0.3, -0.25) is 4.79 Å². The lowest BCUT2D eigenvalue weighted by molar-refractivity contribution is -0.116. The van der Waals surface area contributed by atoms with E-state index in [2.05, 4.69) is 5.32 Å². The lowest BCUT2D eigenvalue weighted by atomic mass is 10.1. The van der Waals surface area contributed by atoms with Gasteiger partial charge in [-0.05, 0) is 55.2 Å². The fraction of sp³-hybridized carbons (Fsp3) is 0.316. The molecule has 5 nitrogen and oxygen atoms in total. The SMILES string of the molecule is Cc1ccc(C)c(NC(=O)CN(CCc2ccc(F)cc2)S(C)(=O)=O)c1. The van der Waals surface area contributed by atoms with Crippen molar-refractivity contribution in [1.29, 1.82) is 0 Å². The van der Waals surface area contributed by atoms with Gasteiger partial charge >= 0.3 is 0 Å². The number of carbonyl (C=O) groups excluding carboxylic acids is 1. The number of amides is 1. The van der Waals surface area contributed by atoms with E-state index in [4.69, 9.17) is 0 Å². The van der Waals surface area contributed by atoms with Crippen molar-refractivity contribution in [2.24, 2.45) is 0 Å². The number of nitrogens with zero attached hydrogens (tertiary/aromatic N) is 1. The van der Waals surface area contributed by atoms with Crippen LogP contribution in [0.3, 0.4) is 0 Å². The molecule has 140 valence electrons. The van der Waals surface area contributed by atoms with Crippen LogP contribution in [-0.4, -0.2) is 38.0 Å². The minimum Gasteiger partial charge on any atom is -0.325 e. The second-order valence-electron chi connectivity index (χ2n) is 6.34. The number of hydrogen-bond donors (Lipinski definition) is 1. The fourth-order valence-corrected chi connectivity index (χ4v) is 3.26. The number of carbonyl (C=O) groups is 1. The molecule has 2 rings (SSSR count). The molecule has 0 bridgehead atoms. The van der Waals surface area contributed by atoms with E-state index in [1.807, 2.05) is 32.0 Å². The Morgan fingerprint density at radius 3 is 2.38 bits per heavy atom. The van der Waals surface area contributed by atoms with Gasteiger partial charge in [-0.25, -0.2) is 12.8 Å². The predicted octanol–water partition coefficient (Wildman–Crippen LogP) is 2.89. The van der Waals surface area contributed by atoms with Gasteiger partial charge in [-0.2, -0.15) is 4.31 Å². The Bertz CT molecular complexity index is 880. The highest BCUT2D eigenvalue weighted by Gasteiger charge is 2.20. The Kier molecular flexibility index (Phi) is 6.50. The van der Waals surface area contributed by atoms with Crippen molar-refractivity contribution in [2.75, 3.05) is 24.7 Å². The third-order valence-corrected chi connectivity index (χ3v) is 5.27. The summed E-state index contributed by atoms with van der Waals surface area (Å²) in [6.07, 6.45) is 1.47. The molecule has 7 heteroatoms. The van der Waals surface area contributed by atoms with Gasteiger partial charge < -0.3 is 5.32 Å². The van der Waals surface area contributed by atoms with Gasteiger partial charge in [-0.15, -0.1) is 0 Å². The van der Waals surface area contributed by atoms with Crippen LogP contribution in [0.4, 0.5) is 10.1 Å². The Labute approximate surface area is 153 Å². The number of hydrogen-bond acceptors (Lipinski definition) is 3. The van der Waals surface area contributed by atoms with Crippen molar-refractivity contribution in [3.05, 3.63) is 65.0 Å². The van der Waals surface area contributed by atoms with Crippen LogP contribution in [0.2, 0.25) is 0 Å². The molecule has 0 saturated heterocycles. The summed E-state index contributed by atoms with van der Waals surface area (Å²) < 4.78 is 38.1. The zero-order valence-electron chi connectivity index (χ0n) is 15.1. The van der Waals surface area contributed by atoms with Gasteiger partial charge in [0.25, 0.3) is 0 Å². The van der Waals surface area contributed by atoms with E-state index < -0.39 is 15.9 Å². The van der Waals surface area contributed by atoms with Crippen molar-refractivity contribution < 1.29 is 17.6 Å². The first-order chi connectivity index (χ1) is 12.1. The maximum Gasteiger partial charge on any atom is 0.239 e. The quantitative estimate of drug-likeness (QED) is 0.806. The molecule has 0 unspecified atom stereocenters. The van der Waals surface area contributed by atoms with Crippen molar-refractivity contribution in [3.63, 3.8) is 0 Å². The first-order valence-electron chi connectivity index (χ1n) is 8.22. The number of halogens is 1. The van der Waals surface area contributed by atoms with E-state index in [0.717, 1.165) is 27.3 Å². The van der Waals surface area contributed by atoms with E-state index in [1.165, 1.54) is 12.1 Å². The van der Waals surface area contributed by atoms with Crippen LogP contribution in [0.1, 0.15) is 16.7 Å². The third-order valence-electron chi connectivity index (χ3n) is 4.02. The molecule has 0 fully saturated rings. The zero-order valence-corrected chi connectivity index (χ0v) is 15.9. The lowest BCUT2D eigenvalue weighted by Gasteiger charge is -2.20. The van der Waals surface area contributed by atoms with Crippen molar-refractivity contribution >= 4 is 21.6 Å². The van der Waals surface area contributed by atoms with Crippen LogP contribution < -0.4 is 5.32 Å². The molecule has 2 aromatic carbocycles. The smallest absolute Gasteiger partial charge is 0.239 e. The summed E-state index contributed by atoms with van der Waals surface area (Å²) in [6, 6.07) is 11.5. The Morgan fingerprint density at radius 2 is 1.77 bits per heavy atom. The minimum absolute atomic E-state index is 0.144. The van der Waals surface area contributed by atoms with E-state index in [-0.39, 0.29) is 18.9 Å². The first-order valence-corrected chi connectivity index (χ1v) is 10.1. The second-order valence-corrected chi connectivity index (χ2v) is 8.32. The van der Waals surface area contributed by atoms with Crippen LogP contribution in [-0.2, 0) is 21.2 Å². The average Bonchev–Trinajstić information content (AvgIpc) is 2.55. The highest BCUT2D eigenvalue weighted by atomic mass is 32.2. The zero-order chi connectivity index (χ0) is 19.3. The summed E-state index contributed by atoms with van der Waals surface area (Å²) >= 11 is 0. The Morgan fingerprint density at radius 1 is 1.12 bits per heavy atom. The molecular formula is C19H23FN2O3S. The number of benzene rings is 2. The molecule has 0 saturated carbocycles. The monoisotopic (exact) mass is 378 g/mol. The van der Waals surface area contributed by atoms with E-state index in [9.17, 15) is 17.6 Å². The average molecular weight is 378 g/mol. The van der Waals surface area contributed by atoms with Crippen LogP contribution in [0.25, 0.3) is 0 Å². The molecule has 0 aromatic heterocycles. The van der Waals surface area contributed by atoms with Crippen LogP contribution in [0, 0.1) is 19.7 Å². The van der Waals surface area contributed by atoms with Gasteiger partial charge in [0.05, 0.1) is 12.8 Å². The second kappa shape index (κ2) is 8.42. The maximum atomic E-state index is 13.0. The molecule has 0 atom stereocenters. The largest absolute Gasteiger partial charge is 0.325 e. The summed E-state index contributed by atoms with van der Waals surface area (Å²) in [5.41, 5.74) is 3.38. The molecule has 0 aliphatic carbocycles. The summed E-state index contributed by atoms with van der Waals surface area (Å²) in [5.74, 6) is -0.746. The van der Waals surface area contributed by atoms with Gasteiger partial charge in [0, 0.05) is 12.2 Å². The van der Waals surface area contributed by atoms with E-state index in [0.29, 0.717) is 12.1 Å². The van der Waals surface area contributed by atoms with E-state index >= 15 is 0 Å². The van der Waals surface area contributed by atoms with E-state index in [1.54, 1.807) is 12.1 Å². The summed E-state index contributed by atoms with van der Waals surface area (Å²) in [7, 11) is -3.55. The van der Waals surface area contributed by atoms with Gasteiger partial charge in [0.15, 0.2) is 0 Å². The van der Waals surface area contributed by atoms with Crippen LogP contribution in [0.5, 0.6) is 0 Å². The molecule has 0 aliphatic heterocycles. The molecule has 1 amide bonds. The molecule has 0 aliphatic rings. The third kappa shape index (κ3) is 5.93. The number of rotatable bonds is 7. The van der Waals surface area contributed by atoms with Crippen molar-refractivity contribution in [1.82, 2.24) is 4.31 Å². The summed E-state index contributed by atoms with van der Waals surface area (Å²) in [4.78, 5) is 12.3. The molecule has 1 N–H and O–H groups in total.